The topological polar surface area (TPSA) is 122 Å². The second-order valence-electron chi connectivity index (χ2n) is 3.50. The quantitative estimate of drug-likeness (QED) is 0.732. The molecule has 0 aliphatic rings. The van der Waals surface area contributed by atoms with Crippen LogP contribution in [0, 0.1) is 11.3 Å². The molecule has 0 saturated heterocycles. The number of esters is 1. The second-order valence-corrected chi connectivity index (χ2v) is 3.50. The van der Waals surface area contributed by atoms with Crippen molar-refractivity contribution in [1.82, 2.24) is 0 Å². The summed E-state index contributed by atoms with van der Waals surface area (Å²) < 4.78 is 4.61. The SMILES string of the molecule is N#CCC(=O)Nc1ccc(C(=O)OCC(N)=O)cc1. The van der Waals surface area contributed by atoms with Crippen molar-refractivity contribution in [2.45, 2.75) is 6.42 Å². The van der Waals surface area contributed by atoms with Gasteiger partial charge in [-0.2, -0.15) is 5.26 Å². The Morgan fingerprint density at radius 1 is 1.26 bits per heavy atom. The predicted molar refractivity (Wildman–Crippen MR) is 64.8 cm³/mol. The van der Waals surface area contributed by atoms with E-state index in [4.69, 9.17) is 11.0 Å². The van der Waals surface area contributed by atoms with Crippen LogP contribution < -0.4 is 11.1 Å². The zero-order chi connectivity index (χ0) is 14.3. The van der Waals surface area contributed by atoms with Crippen LogP contribution in [-0.4, -0.2) is 24.4 Å². The van der Waals surface area contributed by atoms with Gasteiger partial charge in [-0.15, -0.1) is 0 Å². The molecule has 0 fully saturated rings. The molecule has 0 aliphatic heterocycles. The van der Waals surface area contributed by atoms with Gasteiger partial charge >= 0.3 is 5.97 Å². The van der Waals surface area contributed by atoms with Gasteiger partial charge in [0, 0.05) is 5.69 Å². The lowest BCUT2D eigenvalue weighted by Crippen LogP contribution is -2.20. The van der Waals surface area contributed by atoms with Crippen LogP contribution >= 0.6 is 0 Å². The van der Waals surface area contributed by atoms with Gasteiger partial charge in [0.05, 0.1) is 11.6 Å². The number of anilines is 1. The van der Waals surface area contributed by atoms with Gasteiger partial charge in [0.2, 0.25) is 5.91 Å². The van der Waals surface area contributed by atoms with Crippen molar-refractivity contribution in [2.75, 3.05) is 11.9 Å². The molecule has 0 saturated carbocycles. The summed E-state index contributed by atoms with van der Waals surface area (Å²) in [5.74, 6) is -1.87. The lowest BCUT2D eigenvalue weighted by Gasteiger charge is -2.05. The molecular weight excluding hydrogens is 250 g/mol. The number of carbonyl (C=O) groups excluding carboxylic acids is 3. The minimum atomic E-state index is -0.742. The van der Waals surface area contributed by atoms with Gasteiger partial charge in [0.25, 0.3) is 5.91 Å². The number of hydrogen-bond acceptors (Lipinski definition) is 5. The molecule has 3 N–H and O–H groups in total. The van der Waals surface area contributed by atoms with Gasteiger partial charge in [-0.1, -0.05) is 0 Å². The molecule has 0 radical (unpaired) electrons. The molecule has 1 aromatic carbocycles. The van der Waals surface area contributed by atoms with Crippen LogP contribution in [0.25, 0.3) is 0 Å². The summed E-state index contributed by atoms with van der Waals surface area (Å²) in [5.41, 5.74) is 5.51. The average Bonchev–Trinajstić information content (AvgIpc) is 2.37. The van der Waals surface area contributed by atoms with E-state index >= 15 is 0 Å². The highest BCUT2D eigenvalue weighted by atomic mass is 16.5. The number of rotatable bonds is 5. The maximum Gasteiger partial charge on any atom is 0.338 e. The molecular formula is C12H11N3O4. The first-order valence-electron chi connectivity index (χ1n) is 5.25. The van der Waals surface area contributed by atoms with Crippen LogP contribution in [0.1, 0.15) is 16.8 Å². The third-order valence-corrected chi connectivity index (χ3v) is 1.99. The fourth-order valence-electron chi connectivity index (χ4n) is 1.19. The minimum absolute atomic E-state index is 0.222. The zero-order valence-corrected chi connectivity index (χ0v) is 9.88. The highest BCUT2D eigenvalue weighted by Gasteiger charge is 2.09. The number of nitrogens with one attached hydrogen (secondary N) is 1. The lowest BCUT2D eigenvalue weighted by atomic mass is 10.2. The molecule has 0 bridgehead atoms. The smallest absolute Gasteiger partial charge is 0.338 e. The zero-order valence-electron chi connectivity index (χ0n) is 9.88. The Morgan fingerprint density at radius 3 is 2.42 bits per heavy atom. The molecule has 98 valence electrons. The van der Waals surface area contributed by atoms with E-state index in [0.29, 0.717) is 5.69 Å². The first kappa shape index (κ1) is 14.2. The molecule has 7 heteroatoms. The lowest BCUT2D eigenvalue weighted by molar-refractivity contribution is -0.121. The van der Waals surface area contributed by atoms with E-state index in [1.54, 1.807) is 6.07 Å². The first-order valence-corrected chi connectivity index (χ1v) is 5.25. The van der Waals surface area contributed by atoms with E-state index in [-0.39, 0.29) is 12.0 Å². The largest absolute Gasteiger partial charge is 0.452 e. The van der Waals surface area contributed by atoms with Gasteiger partial charge in [-0.05, 0) is 24.3 Å². The van der Waals surface area contributed by atoms with Crippen molar-refractivity contribution >= 4 is 23.5 Å². The number of primary amides is 1. The van der Waals surface area contributed by atoms with Crippen molar-refractivity contribution in [3.8, 4) is 6.07 Å². The van der Waals surface area contributed by atoms with Crippen molar-refractivity contribution in [3.63, 3.8) is 0 Å². The van der Waals surface area contributed by atoms with Crippen LogP contribution in [-0.2, 0) is 14.3 Å². The summed E-state index contributed by atoms with van der Waals surface area (Å²) in [6, 6.07) is 7.52. The van der Waals surface area contributed by atoms with Crippen LogP contribution in [0.2, 0.25) is 0 Å². The van der Waals surface area contributed by atoms with Gasteiger partial charge < -0.3 is 15.8 Å². The Balaban J connectivity index is 2.61. The summed E-state index contributed by atoms with van der Waals surface area (Å²) in [6.45, 7) is -0.487. The fraction of sp³-hybridized carbons (Fsp3) is 0.167. The van der Waals surface area contributed by atoms with E-state index in [1.807, 2.05) is 0 Å². The molecule has 0 atom stereocenters. The number of carbonyl (C=O) groups is 3. The maximum atomic E-state index is 11.4. The minimum Gasteiger partial charge on any atom is -0.452 e. The molecule has 0 unspecified atom stereocenters. The third kappa shape index (κ3) is 4.87. The molecule has 19 heavy (non-hydrogen) atoms. The Kier molecular flexibility index (Phi) is 5.04. The van der Waals surface area contributed by atoms with E-state index < -0.39 is 24.4 Å². The van der Waals surface area contributed by atoms with Crippen molar-refractivity contribution in [3.05, 3.63) is 29.8 Å². The Labute approximate surface area is 109 Å². The van der Waals surface area contributed by atoms with Crippen molar-refractivity contribution in [2.24, 2.45) is 5.73 Å². The van der Waals surface area contributed by atoms with Gasteiger partial charge in [-0.25, -0.2) is 4.79 Å². The van der Waals surface area contributed by atoms with Crippen LogP contribution in [0.4, 0.5) is 5.69 Å². The predicted octanol–water partition coefficient (Wildman–Crippen LogP) is 0.181. The van der Waals surface area contributed by atoms with E-state index in [2.05, 4.69) is 10.1 Å². The number of amides is 2. The highest BCUT2D eigenvalue weighted by Crippen LogP contribution is 2.10. The number of nitrogens with two attached hydrogens (primary N) is 1. The van der Waals surface area contributed by atoms with Crippen LogP contribution in [0.15, 0.2) is 24.3 Å². The number of ether oxygens (including phenoxy) is 1. The number of nitriles is 1. The van der Waals surface area contributed by atoms with Gasteiger partial charge in [0.15, 0.2) is 6.61 Å². The number of benzene rings is 1. The summed E-state index contributed by atoms with van der Waals surface area (Å²) >= 11 is 0. The van der Waals surface area contributed by atoms with Crippen LogP contribution in [0.3, 0.4) is 0 Å². The summed E-state index contributed by atoms with van der Waals surface area (Å²) in [4.78, 5) is 33.0. The highest BCUT2D eigenvalue weighted by molar-refractivity contribution is 5.94. The molecule has 0 aromatic heterocycles. The van der Waals surface area contributed by atoms with E-state index in [1.165, 1.54) is 24.3 Å². The maximum absolute atomic E-state index is 11.4. The Bertz CT molecular complexity index is 531. The molecule has 1 rings (SSSR count). The Hall–Kier alpha value is -2.88. The molecule has 0 heterocycles. The molecule has 0 aliphatic carbocycles. The number of hydrogen-bond donors (Lipinski definition) is 2. The molecule has 1 aromatic rings. The van der Waals surface area contributed by atoms with Gasteiger partial charge in [0.1, 0.15) is 6.42 Å². The number of nitrogens with zero attached hydrogens (tertiary/aromatic N) is 1. The van der Waals surface area contributed by atoms with Gasteiger partial charge in [-0.3, -0.25) is 9.59 Å². The summed E-state index contributed by atoms with van der Waals surface area (Å²) in [5, 5.41) is 10.8. The second kappa shape index (κ2) is 6.76. The summed E-state index contributed by atoms with van der Waals surface area (Å²) in [6.07, 6.45) is -0.248. The monoisotopic (exact) mass is 261 g/mol. The average molecular weight is 261 g/mol. The fourth-order valence-corrected chi connectivity index (χ4v) is 1.19. The standard InChI is InChI=1S/C12H11N3O4/c13-6-5-11(17)15-9-3-1-8(2-4-9)12(18)19-7-10(14)16/h1-4H,5,7H2,(H2,14,16)(H,15,17). The Morgan fingerprint density at radius 2 is 1.89 bits per heavy atom. The van der Waals surface area contributed by atoms with Crippen LogP contribution in [0.5, 0.6) is 0 Å². The van der Waals surface area contributed by atoms with Crippen molar-refractivity contribution < 1.29 is 19.1 Å². The molecule has 2 amide bonds. The normalized spacial score (nSPS) is 9.21. The molecule has 0 spiro atoms. The summed E-state index contributed by atoms with van der Waals surface area (Å²) in [7, 11) is 0. The first-order chi connectivity index (χ1) is 9.02. The van der Waals surface area contributed by atoms with Crippen molar-refractivity contribution in [1.29, 1.82) is 5.26 Å². The van der Waals surface area contributed by atoms with E-state index in [9.17, 15) is 14.4 Å². The molecule has 7 nitrogen and oxygen atoms in total. The van der Waals surface area contributed by atoms with E-state index in [0.717, 1.165) is 0 Å². The third-order valence-electron chi connectivity index (χ3n) is 1.99.